The van der Waals surface area contributed by atoms with E-state index < -0.39 is 13.6 Å². The molecule has 0 aliphatic rings. The van der Waals surface area contributed by atoms with E-state index in [0.717, 1.165) is 45.1 Å². The van der Waals surface area contributed by atoms with Crippen LogP contribution in [0.1, 0.15) is 42.5 Å². The van der Waals surface area contributed by atoms with Gasteiger partial charge in [0.05, 0.1) is 64.5 Å². The Labute approximate surface area is 287 Å². The van der Waals surface area contributed by atoms with Crippen LogP contribution < -0.4 is 10.5 Å². The van der Waals surface area contributed by atoms with Crippen LogP contribution in [0, 0.1) is 6.92 Å². The van der Waals surface area contributed by atoms with Crippen LogP contribution in [0.15, 0.2) is 48.7 Å². The summed E-state index contributed by atoms with van der Waals surface area (Å²) in [7, 11) is -3.08. The summed E-state index contributed by atoms with van der Waals surface area (Å²) in [6, 6.07) is 13.8. The van der Waals surface area contributed by atoms with Crippen molar-refractivity contribution in [2.75, 3.05) is 71.4 Å². The average molecular weight is 698 g/mol. The van der Waals surface area contributed by atoms with Gasteiger partial charge in [0.2, 0.25) is 0 Å². The van der Waals surface area contributed by atoms with E-state index in [9.17, 15) is 14.5 Å². The number of carboxylic acids is 1. The number of benzene rings is 2. The highest BCUT2D eigenvalue weighted by Crippen LogP contribution is 2.47. The zero-order valence-corrected chi connectivity index (χ0v) is 29.5. The number of pyridine rings is 2. The van der Waals surface area contributed by atoms with Crippen molar-refractivity contribution in [2.24, 2.45) is 0 Å². The Morgan fingerprint density at radius 2 is 1.51 bits per heavy atom. The number of anilines is 1. The molecular weight excluding hydrogens is 649 g/mol. The van der Waals surface area contributed by atoms with Gasteiger partial charge in [-0.3, -0.25) is 14.3 Å². The summed E-state index contributed by atoms with van der Waals surface area (Å²) >= 11 is 0. The number of hydrogen-bond donors (Lipinski definition) is 2. The number of carboxylic acid groups (broad SMARTS) is 1. The third kappa shape index (κ3) is 11.5. The molecule has 0 bridgehead atoms. The van der Waals surface area contributed by atoms with Crippen molar-refractivity contribution >= 4 is 41.2 Å². The van der Waals surface area contributed by atoms with Crippen LogP contribution in [0.25, 0.3) is 21.8 Å². The minimum absolute atomic E-state index is 0.0106. The second-order valence-corrected chi connectivity index (χ2v) is 13.5. The third-order valence-corrected chi connectivity index (χ3v) is 9.93. The first-order valence-electron chi connectivity index (χ1n) is 16.7. The van der Waals surface area contributed by atoms with E-state index in [1.165, 1.54) is 5.56 Å². The fourth-order valence-electron chi connectivity index (χ4n) is 5.58. The van der Waals surface area contributed by atoms with Gasteiger partial charge in [-0.05, 0) is 80.5 Å². The minimum Gasteiger partial charge on any atom is -0.491 e. The Hall–Kier alpha value is -3.64. The first-order valence-corrected chi connectivity index (χ1v) is 18.5. The molecule has 4 rings (SSSR count). The van der Waals surface area contributed by atoms with E-state index in [1.54, 1.807) is 13.8 Å². The second kappa shape index (κ2) is 19.5. The fourth-order valence-corrected chi connectivity index (χ4v) is 7.05. The highest BCUT2D eigenvalue weighted by atomic mass is 31.2. The van der Waals surface area contributed by atoms with E-state index in [-0.39, 0.29) is 19.2 Å². The Kier molecular flexibility index (Phi) is 15.2. The molecule has 0 fully saturated rings. The Morgan fingerprint density at radius 3 is 2.18 bits per heavy atom. The molecule has 49 heavy (non-hydrogen) atoms. The highest BCUT2D eigenvalue weighted by Gasteiger charge is 2.23. The summed E-state index contributed by atoms with van der Waals surface area (Å²) in [4.78, 5) is 20.7. The van der Waals surface area contributed by atoms with Gasteiger partial charge in [-0.2, -0.15) is 0 Å². The fraction of sp³-hybridized carbons (Fsp3) is 0.472. The topological polar surface area (TPSA) is 162 Å². The number of nitrogens with zero attached hydrogens (tertiary/aromatic N) is 2. The third-order valence-electron chi connectivity index (χ3n) is 7.90. The lowest BCUT2D eigenvalue weighted by atomic mass is 9.92. The molecule has 3 N–H and O–H groups in total. The molecule has 0 radical (unpaired) electrons. The van der Waals surface area contributed by atoms with Gasteiger partial charge in [-0.25, -0.2) is 4.98 Å². The summed E-state index contributed by atoms with van der Waals surface area (Å²) in [5.41, 5.74) is 11.9. The maximum absolute atomic E-state index is 12.4. The summed E-state index contributed by atoms with van der Waals surface area (Å²) in [5.74, 6) is 0.253. The largest absolute Gasteiger partial charge is 0.491 e. The van der Waals surface area contributed by atoms with Crippen molar-refractivity contribution in [3.8, 4) is 5.75 Å². The van der Waals surface area contributed by atoms with Crippen LogP contribution in [0.2, 0.25) is 0 Å². The van der Waals surface area contributed by atoms with Crippen molar-refractivity contribution < 1.29 is 42.5 Å². The molecule has 266 valence electrons. The Morgan fingerprint density at radius 1 is 0.857 bits per heavy atom. The number of nitrogen functional groups attached to an aromatic ring is 1. The van der Waals surface area contributed by atoms with Gasteiger partial charge in [-0.1, -0.05) is 24.3 Å². The number of aliphatic carboxylic acids is 1. The van der Waals surface area contributed by atoms with Crippen molar-refractivity contribution in [2.45, 2.75) is 46.5 Å². The number of ether oxygens (including phenoxy) is 4. The van der Waals surface area contributed by atoms with Crippen LogP contribution in [-0.4, -0.2) is 86.7 Å². The first kappa shape index (κ1) is 38.2. The quantitative estimate of drug-likeness (QED) is 0.0516. The van der Waals surface area contributed by atoms with Gasteiger partial charge < -0.3 is 38.8 Å². The molecule has 2 heterocycles. The molecule has 0 saturated carbocycles. The van der Waals surface area contributed by atoms with Crippen molar-refractivity contribution in [3.63, 3.8) is 0 Å². The molecule has 0 aliphatic carbocycles. The SMILES string of the molecule is CCOP(=O)(CCOCCOCCOCCOc1ccc(CCc2cnc3c(N)nc4ccccc4c3c2CCC(=O)O)c(C)c1)OCC. The van der Waals surface area contributed by atoms with E-state index in [1.807, 2.05) is 42.6 Å². The van der Waals surface area contributed by atoms with Gasteiger partial charge in [0.15, 0.2) is 5.82 Å². The number of carbonyl (C=O) groups is 1. The molecule has 13 heteroatoms. The predicted octanol–water partition coefficient (Wildman–Crippen LogP) is 6.17. The molecule has 0 spiro atoms. The first-order chi connectivity index (χ1) is 23.7. The highest BCUT2D eigenvalue weighted by molar-refractivity contribution is 7.53. The molecule has 0 atom stereocenters. The normalized spacial score (nSPS) is 11.8. The van der Waals surface area contributed by atoms with E-state index in [4.69, 9.17) is 33.7 Å². The van der Waals surface area contributed by atoms with Gasteiger partial charge in [0.25, 0.3) is 0 Å². The molecule has 12 nitrogen and oxygen atoms in total. The van der Waals surface area contributed by atoms with Crippen LogP contribution in [0.5, 0.6) is 5.75 Å². The lowest BCUT2D eigenvalue weighted by Gasteiger charge is -2.16. The number of aryl methyl sites for hydroxylation is 4. The average Bonchev–Trinajstić information content (AvgIpc) is 3.07. The Bertz CT molecular complexity index is 1710. The van der Waals surface area contributed by atoms with Crippen molar-refractivity contribution in [1.82, 2.24) is 9.97 Å². The van der Waals surface area contributed by atoms with Gasteiger partial charge in [0.1, 0.15) is 17.9 Å². The molecule has 0 unspecified atom stereocenters. The lowest BCUT2D eigenvalue weighted by Crippen LogP contribution is -2.14. The molecule has 2 aromatic heterocycles. The standard InChI is InChI=1S/C36H48N3O9P/c1-4-47-49(42,48-5-2)23-22-45-19-18-43-16-17-44-20-21-46-29-13-12-27(26(3)24-29)10-11-28-25-38-35-34(30(28)14-15-33(40)41)31-8-6-7-9-32(31)39-36(35)37/h6-9,12-13,24-25H,4-5,10-11,14-23H2,1-3H3,(H2,37,39)(H,40,41). The van der Waals surface area contributed by atoms with Gasteiger partial charge in [0, 0.05) is 23.4 Å². The van der Waals surface area contributed by atoms with E-state index >= 15 is 0 Å². The zero-order valence-electron chi connectivity index (χ0n) is 28.7. The van der Waals surface area contributed by atoms with Crippen LogP contribution in [-0.2, 0) is 51.9 Å². The number of aromatic nitrogens is 2. The molecule has 0 aliphatic heterocycles. The van der Waals surface area contributed by atoms with Crippen LogP contribution in [0.4, 0.5) is 5.82 Å². The van der Waals surface area contributed by atoms with Gasteiger partial charge in [-0.15, -0.1) is 0 Å². The van der Waals surface area contributed by atoms with Crippen LogP contribution >= 0.6 is 7.60 Å². The number of nitrogens with two attached hydrogens (primary N) is 1. The Balaban J connectivity index is 1.20. The number of para-hydroxylation sites is 1. The van der Waals surface area contributed by atoms with Crippen LogP contribution in [0.3, 0.4) is 0 Å². The molecule has 2 aromatic carbocycles. The summed E-state index contributed by atoms with van der Waals surface area (Å²) < 4.78 is 45.4. The summed E-state index contributed by atoms with van der Waals surface area (Å²) in [6.45, 7) is 9.03. The lowest BCUT2D eigenvalue weighted by molar-refractivity contribution is -0.136. The number of hydrogen-bond acceptors (Lipinski definition) is 11. The van der Waals surface area contributed by atoms with E-state index in [0.29, 0.717) is 77.0 Å². The second-order valence-electron chi connectivity index (χ2n) is 11.3. The maximum atomic E-state index is 12.4. The summed E-state index contributed by atoms with van der Waals surface area (Å²) in [5, 5.41) is 11.3. The van der Waals surface area contributed by atoms with Gasteiger partial charge >= 0.3 is 13.6 Å². The minimum atomic E-state index is -3.08. The number of fused-ring (bicyclic) bond motifs is 3. The van der Waals surface area contributed by atoms with Crippen molar-refractivity contribution in [1.29, 1.82) is 0 Å². The van der Waals surface area contributed by atoms with Crippen molar-refractivity contribution in [3.05, 3.63) is 70.9 Å². The molecule has 4 aromatic rings. The summed E-state index contributed by atoms with van der Waals surface area (Å²) in [6.07, 6.45) is 3.87. The zero-order chi connectivity index (χ0) is 35.1. The predicted molar refractivity (Wildman–Crippen MR) is 190 cm³/mol. The molecule has 0 amide bonds. The monoisotopic (exact) mass is 697 g/mol. The smallest absolute Gasteiger partial charge is 0.332 e. The maximum Gasteiger partial charge on any atom is 0.332 e. The number of rotatable bonds is 23. The van der Waals surface area contributed by atoms with E-state index in [2.05, 4.69) is 23.0 Å². The molecular formula is C36H48N3O9P. The molecule has 0 saturated heterocycles.